The quantitative estimate of drug-likeness (QED) is 0.932. The maximum absolute atomic E-state index is 13.1. The fourth-order valence-electron chi connectivity index (χ4n) is 2.51. The van der Waals surface area contributed by atoms with Gasteiger partial charge in [0.05, 0.1) is 5.69 Å². The molecule has 0 aliphatic carbocycles. The first kappa shape index (κ1) is 14.0. The number of β-amino-alcohol motifs (C(OH)–C–C–N with tert-alkyl or cyclic N) is 1. The Hall–Kier alpha value is -1.98. The second-order valence-electron chi connectivity index (χ2n) is 5.20. The fraction of sp³-hybridized carbons (Fsp3) is 0.312. The van der Waals surface area contributed by atoms with Gasteiger partial charge in [-0.25, -0.2) is 4.39 Å². The number of hydrogen-bond acceptors (Lipinski definition) is 4. The second kappa shape index (κ2) is 6.20. The van der Waals surface area contributed by atoms with E-state index in [2.05, 4.69) is 9.88 Å². The predicted octanol–water partition coefficient (Wildman–Crippen LogP) is 1.84. The van der Waals surface area contributed by atoms with Crippen molar-refractivity contribution in [2.24, 2.45) is 0 Å². The van der Waals surface area contributed by atoms with Gasteiger partial charge in [-0.1, -0.05) is 12.1 Å². The van der Waals surface area contributed by atoms with Crippen LogP contribution in [0.5, 0.6) is 5.75 Å². The van der Waals surface area contributed by atoms with Gasteiger partial charge in [0.2, 0.25) is 0 Å². The van der Waals surface area contributed by atoms with E-state index in [9.17, 15) is 9.50 Å². The van der Waals surface area contributed by atoms with Crippen LogP contribution in [0, 0.1) is 5.82 Å². The number of ether oxygens (including phenoxy) is 1. The van der Waals surface area contributed by atoms with Crippen LogP contribution >= 0.6 is 0 Å². The normalized spacial score (nSPS) is 22.4. The van der Waals surface area contributed by atoms with Gasteiger partial charge >= 0.3 is 0 Å². The third-order valence-corrected chi connectivity index (χ3v) is 3.51. The Balaban J connectivity index is 1.61. The standard InChI is InChI=1S/C16H17FN2O2/c17-12-4-3-6-14(8-12)21-16-11-19(10-15(16)20)9-13-5-1-2-7-18-13/h1-8,15-16,20H,9-11H2/t15-,16-/m1/s1. The van der Waals surface area contributed by atoms with Crippen molar-refractivity contribution in [2.75, 3.05) is 13.1 Å². The van der Waals surface area contributed by atoms with Crippen LogP contribution in [0.1, 0.15) is 5.69 Å². The van der Waals surface area contributed by atoms with E-state index in [-0.39, 0.29) is 11.9 Å². The number of aliphatic hydroxyl groups is 1. The van der Waals surface area contributed by atoms with E-state index in [1.165, 1.54) is 12.1 Å². The highest BCUT2D eigenvalue weighted by atomic mass is 19.1. The van der Waals surface area contributed by atoms with Crippen LogP contribution in [0.4, 0.5) is 4.39 Å². The zero-order chi connectivity index (χ0) is 14.7. The summed E-state index contributed by atoms with van der Waals surface area (Å²) in [7, 11) is 0. The number of aliphatic hydroxyl groups excluding tert-OH is 1. The van der Waals surface area contributed by atoms with Crippen molar-refractivity contribution in [1.82, 2.24) is 9.88 Å². The zero-order valence-corrected chi connectivity index (χ0v) is 11.5. The molecule has 0 bridgehead atoms. The lowest BCUT2D eigenvalue weighted by Gasteiger charge is -2.17. The molecule has 1 saturated heterocycles. The van der Waals surface area contributed by atoms with Crippen LogP contribution in [0.25, 0.3) is 0 Å². The summed E-state index contributed by atoms with van der Waals surface area (Å²) in [5.41, 5.74) is 0.955. The summed E-state index contributed by atoms with van der Waals surface area (Å²) >= 11 is 0. The number of pyridine rings is 1. The molecule has 1 aromatic carbocycles. The molecule has 0 radical (unpaired) electrons. The van der Waals surface area contributed by atoms with Crippen LogP contribution in [-0.4, -0.2) is 40.3 Å². The molecule has 1 aliphatic rings. The Kier molecular flexibility index (Phi) is 4.13. The molecule has 0 unspecified atom stereocenters. The minimum Gasteiger partial charge on any atom is -0.486 e. The van der Waals surface area contributed by atoms with Gasteiger partial charge in [-0.3, -0.25) is 9.88 Å². The van der Waals surface area contributed by atoms with Gasteiger partial charge in [-0.2, -0.15) is 0 Å². The lowest BCUT2D eigenvalue weighted by molar-refractivity contribution is 0.0734. The van der Waals surface area contributed by atoms with Crippen molar-refractivity contribution >= 4 is 0 Å². The maximum Gasteiger partial charge on any atom is 0.138 e. The van der Waals surface area contributed by atoms with Crippen LogP contribution < -0.4 is 4.74 Å². The van der Waals surface area contributed by atoms with Crippen LogP contribution in [-0.2, 0) is 6.54 Å². The van der Waals surface area contributed by atoms with E-state index < -0.39 is 6.10 Å². The van der Waals surface area contributed by atoms with Gasteiger partial charge < -0.3 is 9.84 Å². The largest absolute Gasteiger partial charge is 0.486 e. The van der Waals surface area contributed by atoms with Crippen molar-refractivity contribution in [3.8, 4) is 5.75 Å². The minimum absolute atomic E-state index is 0.342. The molecular formula is C16H17FN2O2. The molecule has 2 aromatic rings. The summed E-state index contributed by atoms with van der Waals surface area (Å²) in [5.74, 6) is 0.101. The van der Waals surface area contributed by atoms with Gasteiger partial charge in [-0.15, -0.1) is 0 Å². The number of hydrogen-bond donors (Lipinski definition) is 1. The highest BCUT2D eigenvalue weighted by Gasteiger charge is 2.33. The van der Waals surface area contributed by atoms with Crippen molar-refractivity contribution in [3.63, 3.8) is 0 Å². The first-order valence-corrected chi connectivity index (χ1v) is 6.93. The number of likely N-dealkylation sites (tertiary alicyclic amines) is 1. The van der Waals surface area contributed by atoms with Gasteiger partial charge in [-0.05, 0) is 24.3 Å². The SMILES string of the molecule is O[C@@H]1CN(Cc2ccccn2)C[C@H]1Oc1cccc(F)c1. The van der Waals surface area contributed by atoms with Crippen molar-refractivity contribution in [1.29, 1.82) is 0 Å². The number of benzene rings is 1. The Bertz CT molecular complexity index is 594. The van der Waals surface area contributed by atoms with Gasteiger partial charge in [0, 0.05) is 31.9 Å². The zero-order valence-electron chi connectivity index (χ0n) is 11.5. The number of halogens is 1. The maximum atomic E-state index is 13.1. The average Bonchev–Trinajstić information content (AvgIpc) is 2.80. The first-order valence-electron chi connectivity index (χ1n) is 6.93. The van der Waals surface area contributed by atoms with E-state index in [0.717, 1.165) is 5.69 Å². The number of aromatic nitrogens is 1. The molecule has 0 amide bonds. The van der Waals surface area contributed by atoms with E-state index in [0.29, 0.717) is 25.4 Å². The first-order chi connectivity index (χ1) is 10.2. The highest BCUT2D eigenvalue weighted by molar-refractivity contribution is 5.23. The summed E-state index contributed by atoms with van der Waals surface area (Å²) < 4.78 is 18.8. The van der Waals surface area contributed by atoms with E-state index >= 15 is 0 Å². The van der Waals surface area contributed by atoms with Crippen LogP contribution in [0.15, 0.2) is 48.7 Å². The fourth-order valence-corrected chi connectivity index (χ4v) is 2.51. The lowest BCUT2D eigenvalue weighted by Crippen LogP contribution is -2.29. The Morgan fingerprint density at radius 1 is 1.24 bits per heavy atom. The summed E-state index contributed by atoms with van der Waals surface area (Å²) in [6.45, 7) is 1.78. The van der Waals surface area contributed by atoms with Crippen LogP contribution in [0.2, 0.25) is 0 Å². The highest BCUT2D eigenvalue weighted by Crippen LogP contribution is 2.20. The third kappa shape index (κ3) is 3.56. The molecule has 1 N–H and O–H groups in total. The molecular weight excluding hydrogens is 271 g/mol. The minimum atomic E-state index is -0.586. The molecule has 4 nitrogen and oxygen atoms in total. The Morgan fingerprint density at radius 3 is 2.90 bits per heavy atom. The van der Waals surface area contributed by atoms with Gasteiger partial charge in [0.25, 0.3) is 0 Å². The van der Waals surface area contributed by atoms with Gasteiger partial charge in [0.15, 0.2) is 0 Å². The monoisotopic (exact) mass is 288 g/mol. The topological polar surface area (TPSA) is 45.6 Å². The lowest BCUT2D eigenvalue weighted by atomic mass is 10.2. The second-order valence-corrected chi connectivity index (χ2v) is 5.20. The summed E-state index contributed by atoms with van der Waals surface area (Å²) in [6.07, 6.45) is 0.815. The molecule has 3 rings (SSSR count). The van der Waals surface area contributed by atoms with Gasteiger partial charge in [0.1, 0.15) is 23.8 Å². The van der Waals surface area contributed by atoms with Crippen molar-refractivity contribution < 1.29 is 14.2 Å². The van der Waals surface area contributed by atoms with Crippen molar-refractivity contribution in [2.45, 2.75) is 18.8 Å². The van der Waals surface area contributed by atoms with Crippen LogP contribution in [0.3, 0.4) is 0 Å². The molecule has 2 heterocycles. The predicted molar refractivity (Wildman–Crippen MR) is 76.3 cm³/mol. The van der Waals surface area contributed by atoms with E-state index in [1.807, 2.05) is 18.2 Å². The molecule has 1 fully saturated rings. The number of nitrogens with zero attached hydrogens (tertiary/aromatic N) is 2. The molecule has 0 spiro atoms. The molecule has 0 saturated carbocycles. The number of rotatable bonds is 4. The summed E-state index contributed by atoms with van der Waals surface area (Å²) in [5, 5.41) is 10.1. The van der Waals surface area contributed by atoms with Crippen molar-refractivity contribution in [3.05, 3.63) is 60.2 Å². The average molecular weight is 288 g/mol. The molecule has 1 aliphatic heterocycles. The van der Waals surface area contributed by atoms with E-state index in [4.69, 9.17) is 4.74 Å². The molecule has 2 atom stereocenters. The Morgan fingerprint density at radius 2 is 2.14 bits per heavy atom. The van der Waals surface area contributed by atoms with E-state index in [1.54, 1.807) is 18.3 Å². The summed E-state index contributed by atoms with van der Waals surface area (Å²) in [4.78, 5) is 6.35. The summed E-state index contributed by atoms with van der Waals surface area (Å²) in [6, 6.07) is 11.7. The molecule has 5 heteroatoms. The smallest absolute Gasteiger partial charge is 0.138 e. The molecule has 1 aromatic heterocycles. The Labute approximate surface area is 122 Å². The third-order valence-electron chi connectivity index (χ3n) is 3.51. The molecule has 110 valence electrons. The molecule has 21 heavy (non-hydrogen) atoms.